The minimum absolute atomic E-state index is 0.185. The second-order valence-electron chi connectivity index (χ2n) is 2.45. The number of hydrogen-bond donors (Lipinski definition) is 1. The lowest BCUT2D eigenvalue weighted by atomic mass is 10.1. The van der Waals surface area contributed by atoms with E-state index in [0.717, 1.165) is 0 Å². The zero-order valence-electron chi connectivity index (χ0n) is 7.82. The molecule has 13 heavy (non-hydrogen) atoms. The van der Waals surface area contributed by atoms with Crippen LogP contribution in [0.4, 0.5) is 0 Å². The van der Waals surface area contributed by atoms with Crippen LogP contribution >= 0.6 is 0 Å². The van der Waals surface area contributed by atoms with E-state index in [1.165, 1.54) is 0 Å². The van der Waals surface area contributed by atoms with Gasteiger partial charge in [0.15, 0.2) is 5.92 Å². The molecule has 0 aliphatic rings. The highest BCUT2D eigenvalue weighted by Crippen LogP contribution is 2.07. The molecule has 0 aliphatic carbocycles. The van der Waals surface area contributed by atoms with Gasteiger partial charge in [0.25, 0.3) is 0 Å². The summed E-state index contributed by atoms with van der Waals surface area (Å²) in [6.07, 6.45) is 3.52. The number of hydrogen-bond acceptors (Lipinski definition) is 3. The molecule has 1 atom stereocenters. The Labute approximate surface area is 77.2 Å². The molecule has 1 unspecified atom stereocenters. The summed E-state index contributed by atoms with van der Waals surface area (Å²) in [6, 6.07) is 0. The Balaban J connectivity index is 4.23. The van der Waals surface area contributed by atoms with Gasteiger partial charge >= 0.3 is 11.9 Å². The van der Waals surface area contributed by atoms with E-state index >= 15 is 0 Å². The summed E-state index contributed by atoms with van der Waals surface area (Å²) < 4.78 is 4.61. The monoisotopic (exact) mass is 186 g/mol. The van der Waals surface area contributed by atoms with Gasteiger partial charge in [-0.15, -0.1) is 0 Å². The summed E-state index contributed by atoms with van der Waals surface area (Å²) in [5.41, 5.74) is 0. The molecule has 0 saturated heterocycles. The van der Waals surface area contributed by atoms with Crippen LogP contribution in [0, 0.1) is 5.92 Å². The van der Waals surface area contributed by atoms with Gasteiger partial charge in [0.2, 0.25) is 0 Å². The van der Waals surface area contributed by atoms with E-state index in [9.17, 15) is 9.59 Å². The molecule has 0 saturated carbocycles. The maximum atomic E-state index is 11.1. The second-order valence-corrected chi connectivity index (χ2v) is 2.45. The lowest BCUT2D eigenvalue weighted by Gasteiger charge is -2.08. The predicted molar refractivity (Wildman–Crippen MR) is 47.2 cm³/mol. The van der Waals surface area contributed by atoms with E-state index in [2.05, 4.69) is 4.74 Å². The Kier molecular flexibility index (Phi) is 5.59. The lowest BCUT2D eigenvalue weighted by molar-refractivity contribution is -0.158. The van der Waals surface area contributed by atoms with Gasteiger partial charge in [0.1, 0.15) is 0 Å². The molecule has 4 nitrogen and oxygen atoms in total. The summed E-state index contributed by atoms with van der Waals surface area (Å²) in [5.74, 6) is -2.89. The van der Waals surface area contributed by atoms with Crippen LogP contribution in [0.25, 0.3) is 0 Å². The SMILES string of the molecule is C/C=C\CC(C(=O)O)C(=O)OCC. The normalized spacial score (nSPS) is 12.8. The van der Waals surface area contributed by atoms with Gasteiger partial charge in [-0.3, -0.25) is 9.59 Å². The van der Waals surface area contributed by atoms with Gasteiger partial charge in [0.05, 0.1) is 6.61 Å². The Bertz CT molecular complexity index is 208. The van der Waals surface area contributed by atoms with Gasteiger partial charge in [0, 0.05) is 0 Å². The molecule has 4 heteroatoms. The van der Waals surface area contributed by atoms with Crippen LogP contribution in [0.15, 0.2) is 12.2 Å². The molecule has 0 rings (SSSR count). The van der Waals surface area contributed by atoms with Crippen molar-refractivity contribution in [3.63, 3.8) is 0 Å². The summed E-state index contributed by atoms with van der Waals surface area (Å²) in [5, 5.41) is 8.66. The second kappa shape index (κ2) is 6.22. The minimum atomic E-state index is -1.14. The molecule has 0 aromatic heterocycles. The van der Waals surface area contributed by atoms with Crippen LogP contribution in [-0.4, -0.2) is 23.7 Å². The van der Waals surface area contributed by atoms with Crippen molar-refractivity contribution in [3.05, 3.63) is 12.2 Å². The van der Waals surface area contributed by atoms with Crippen molar-refractivity contribution in [1.29, 1.82) is 0 Å². The van der Waals surface area contributed by atoms with Crippen LogP contribution < -0.4 is 0 Å². The van der Waals surface area contributed by atoms with Crippen LogP contribution in [0.1, 0.15) is 20.3 Å². The summed E-state index contributed by atoms with van der Waals surface area (Å²) in [7, 11) is 0. The van der Waals surface area contributed by atoms with Crippen molar-refractivity contribution in [1.82, 2.24) is 0 Å². The highest BCUT2D eigenvalue weighted by atomic mass is 16.5. The fourth-order valence-corrected chi connectivity index (χ4v) is 0.813. The first kappa shape index (κ1) is 11.7. The molecule has 0 aromatic carbocycles. The van der Waals surface area contributed by atoms with E-state index in [1.54, 1.807) is 26.0 Å². The Morgan fingerprint density at radius 3 is 2.54 bits per heavy atom. The predicted octanol–water partition coefficient (Wildman–Crippen LogP) is 1.22. The largest absolute Gasteiger partial charge is 0.481 e. The molecule has 0 fully saturated rings. The number of carbonyl (C=O) groups is 2. The topological polar surface area (TPSA) is 63.6 Å². The third kappa shape index (κ3) is 4.30. The first-order valence-electron chi connectivity index (χ1n) is 4.14. The summed E-state index contributed by atoms with van der Waals surface area (Å²) in [6.45, 7) is 3.62. The van der Waals surface area contributed by atoms with Gasteiger partial charge in [-0.05, 0) is 20.3 Å². The Hall–Kier alpha value is -1.32. The number of allylic oxidation sites excluding steroid dienone is 2. The number of aliphatic carboxylic acids is 1. The number of esters is 1. The molecule has 0 heterocycles. The highest BCUT2D eigenvalue weighted by molar-refractivity contribution is 5.94. The zero-order chi connectivity index (χ0) is 10.3. The molecule has 74 valence electrons. The maximum absolute atomic E-state index is 11.1. The molecule has 0 amide bonds. The van der Waals surface area contributed by atoms with Crippen LogP contribution in [0.3, 0.4) is 0 Å². The first-order chi connectivity index (χ1) is 6.13. The third-order valence-electron chi connectivity index (χ3n) is 1.48. The standard InChI is InChI=1S/C9H14O4/c1-3-5-6-7(8(10)11)9(12)13-4-2/h3,5,7H,4,6H2,1-2H3,(H,10,11)/b5-3-. The van der Waals surface area contributed by atoms with Crippen molar-refractivity contribution < 1.29 is 19.4 Å². The molecule has 0 bridgehead atoms. The molecule has 0 aliphatic heterocycles. The molecule has 0 radical (unpaired) electrons. The van der Waals surface area contributed by atoms with Crippen molar-refractivity contribution in [2.24, 2.45) is 5.92 Å². The third-order valence-corrected chi connectivity index (χ3v) is 1.48. The van der Waals surface area contributed by atoms with E-state index in [4.69, 9.17) is 5.11 Å². The van der Waals surface area contributed by atoms with E-state index < -0.39 is 17.9 Å². The quantitative estimate of drug-likeness (QED) is 0.398. The molecular formula is C9H14O4. The number of rotatable bonds is 5. The molecular weight excluding hydrogens is 172 g/mol. The van der Waals surface area contributed by atoms with Crippen molar-refractivity contribution in [2.45, 2.75) is 20.3 Å². The maximum Gasteiger partial charge on any atom is 0.320 e. The average Bonchev–Trinajstić information content (AvgIpc) is 2.05. The van der Waals surface area contributed by atoms with Gasteiger partial charge in [-0.1, -0.05) is 12.2 Å². The van der Waals surface area contributed by atoms with E-state index in [0.29, 0.717) is 0 Å². The highest BCUT2D eigenvalue weighted by Gasteiger charge is 2.25. The summed E-state index contributed by atoms with van der Waals surface area (Å²) >= 11 is 0. The molecule has 0 aromatic rings. The van der Waals surface area contributed by atoms with Crippen molar-refractivity contribution >= 4 is 11.9 Å². The molecule has 1 N–H and O–H groups in total. The lowest BCUT2D eigenvalue weighted by Crippen LogP contribution is -2.25. The van der Waals surface area contributed by atoms with E-state index in [1.807, 2.05) is 0 Å². The Morgan fingerprint density at radius 2 is 2.15 bits per heavy atom. The zero-order valence-corrected chi connectivity index (χ0v) is 7.82. The number of carbonyl (C=O) groups excluding carboxylic acids is 1. The van der Waals surface area contributed by atoms with Crippen molar-refractivity contribution in [3.8, 4) is 0 Å². The number of ether oxygens (including phenoxy) is 1. The first-order valence-corrected chi connectivity index (χ1v) is 4.14. The smallest absolute Gasteiger partial charge is 0.320 e. The summed E-state index contributed by atoms with van der Waals surface area (Å²) in [4.78, 5) is 21.6. The number of carboxylic acids is 1. The fourth-order valence-electron chi connectivity index (χ4n) is 0.813. The van der Waals surface area contributed by atoms with Crippen LogP contribution in [0.2, 0.25) is 0 Å². The number of carboxylic acid groups (broad SMARTS) is 1. The average molecular weight is 186 g/mol. The van der Waals surface area contributed by atoms with Crippen molar-refractivity contribution in [2.75, 3.05) is 6.61 Å². The van der Waals surface area contributed by atoms with E-state index in [-0.39, 0.29) is 13.0 Å². The molecule has 0 spiro atoms. The van der Waals surface area contributed by atoms with Gasteiger partial charge < -0.3 is 9.84 Å². The Morgan fingerprint density at radius 1 is 1.54 bits per heavy atom. The van der Waals surface area contributed by atoms with Crippen LogP contribution in [0.5, 0.6) is 0 Å². The van der Waals surface area contributed by atoms with Gasteiger partial charge in [-0.25, -0.2) is 0 Å². The minimum Gasteiger partial charge on any atom is -0.481 e. The fraction of sp³-hybridized carbons (Fsp3) is 0.556. The van der Waals surface area contributed by atoms with Gasteiger partial charge in [-0.2, -0.15) is 0 Å². The van der Waals surface area contributed by atoms with Crippen LogP contribution in [-0.2, 0) is 14.3 Å².